The highest BCUT2D eigenvalue weighted by Crippen LogP contribution is 2.20. The van der Waals surface area contributed by atoms with Gasteiger partial charge in [0.15, 0.2) is 0 Å². The van der Waals surface area contributed by atoms with Crippen LogP contribution in [-0.2, 0) is 11.3 Å². The number of pyridine rings is 1. The molecule has 5 heteroatoms. The van der Waals surface area contributed by atoms with Crippen molar-refractivity contribution in [3.63, 3.8) is 0 Å². The molecule has 0 aromatic carbocycles. The number of nitrogens with zero attached hydrogens (tertiary/aromatic N) is 3. The summed E-state index contributed by atoms with van der Waals surface area (Å²) >= 11 is 3.44. The van der Waals surface area contributed by atoms with Crippen molar-refractivity contribution >= 4 is 21.8 Å². The van der Waals surface area contributed by atoms with Crippen molar-refractivity contribution in [1.29, 1.82) is 0 Å². The molecule has 0 unspecified atom stereocenters. The van der Waals surface area contributed by atoms with Gasteiger partial charge in [0.2, 0.25) is 5.91 Å². The summed E-state index contributed by atoms with van der Waals surface area (Å²) in [6.45, 7) is 5.89. The zero-order chi connectivity index (χ0) is 14.5. The average molecular weight is 328 g/mol. The van der Waals surface area contributed by atoms with Gasteiger partial charge in [-0.05, 0) is 39.6 Å². The second-order valence-corrected chi connectivity index (χ2v) is 7.35. The van der Waals surface area contributed by atoms with E-state index in [-0.39, 0.29) is 5.91 Å². The van der Waals surface area contributed by atoms with Crippen LogP contribution in [0, 0.1) is 0 Å². The van der Waals surface area contributed by atoms with Gasteiger partial charge in [0.05, 0.1) is 4.32 Å². The van der Waals surface area contributed by atoms with Gasteiger partial charge in [-0.15, -0.1) is 0 Å². The van der Waals surface area contributed by atoms with Crippen molar-refractivity contribution in [3.05, 3.63) is 30.1 Å². The molecule has 1 rings (SSSR count). The molecule has 0 bridgehead atoms. The minimum Gasteiger partial charge on any atom is -0.336 e. The summed E-state index contributed by atoms with van der Waals surface area (Å²) in [7, 11) is 4.01. The second-order valence-electron chi connectivity index (χ2n) is 5.36. The third-order valence-corrected chi connectivity index (χ3v) is 3.05. The monoisotopic (exact) mass is 327 g/mol. The first-order valence-electron chi connectivity index (χ1n) is 6.32. The zero-order valence-electron chi connectivity index (χ0n) is 12.1. The summed E-state index contributed by atoms with van der Waals surface area (Å²) in [6, 6.07) is 3.88. The van der Waals surface area contributed by atoms with E-state index in [0.29, 0.717) is 13.1 Å². The fourth-order valence-electron chi connectivity index (χ4n) is 1.66. The number of hydrogen-bond acceptors (Lipinski definition) is 3. The molecule has 0 fully saturated rings. The van der Waals surface area contributed by atoms with Gasteiger partial charge in [-0.3, -0.25) is 9.78 Å². The normalized spacial score (nSPS) is 11.7. The highest BCUT2D eigenvalue weighted by Gasteiger charge is 2.29. The molecule has 0 aliphatic carbocycles. The van der Waals surface area contributed by atoms with Gasteiger partial charge in [-0.25, -0.2) is 0 Å². The van der Waals surface area contributed by atoms with Gasteiger partial charge in [0.1, 0.15) is 0 Å². The Hall–Kier alpha value is -0.940. The predicted octanol–water partition coefficient (Wildman–Crippen LogP) is 2.15. The van der Waals surface area contributed by atoms with Crippen molar-refractivity contribution < 1.29 is 4.79 Å². The average Bonchev–Trinajstić information content (AvgIpc) is 2.33. The Morgan fingerprint density at radius 2 is 2.05 bits per heavy atom. The molecule has 0 saturated heterocycles. The van der Waals surface area contributed by atoms with Crippen LogP contribution in [0.15, 0.2) is 24.5 Å². The number of halogens is 1. The minimum absolute atomic E-state index is 0.0956. The van der Waals surface area contributed by atoms with E-state index in [1.165, 1.54) is 0 Å². The Morgan fingerprint density at radius 3 is 2.53 bits per heavy atom. The third kappa shape index (κ3) is 5.70. The highest BCUT2D eigenvalue weighted by atomic mass is 79.9. The molecule has 1 amide bonds. The summed E-state index contributed by atoms with van der Waals surface area (Å²) in [5, 5.41) is 0. The van der Waals surface area contributed by atoms with Crippen molar-refractivity contribution in [1.82, 2.24) is 14.8 Å². The molecule has 1 aromatic heterocycles. The Kier molecular flexibility index (Phi) is 5.94. The molecule has 0 saturated carbocycles. The fourth-order valence-corrected chi connectivity index (χ4v) is 1.91. The van der Waals surface area contributed by atoms with Crippen LogP contribution in [0.3, 0.4) is 0 Å². The Balaban J connectivity index is 2.78. The van der Waals surface area contributed by atoms with Gasteiger partial charge in [-0.1, -0.05) is 22.0 Å². The number of amides is 1. The summed E-state index contributed by atoms with van der Waals surface area (Å²) in [5.74, 6) is 0.0956. The number of rotatable bonds is 6. The predicted molar refractivity (Wildman–Crippen MR) is 81.2 cm³/mol. The summed E-state index contributed by atoms with van der Waals surface area (Å²) in [5.41, 5.74) is 1.05. The molecular weight excluding hydrogens is 306 g/mol. The van der Waals surface area contributed by atoms with E-state index in [0.717, 1.165) is 12.1 Å². The van der Waals surface area contributed by atoms with Gasteiger partial charge >= 0.3 is 0 Å². The zero-order valence-corrected chi connectivity index (χ0v) is 13.6. The lowest BCUT2D eigenvalue weighted by Crippen LogP contribution is -2.44. The number of likely N-dealkylation sites (N-methyl/N-ethyl adjacent to an activating group) is 1. The van der Waals surface area contributed by atoms with Gasteiger partial charge < -0.3 is 9.80 Å². The van der Waals surface area contributed by atoms with E-state index < -0.39 is 4.32 Å². The van der Waals surface area contributed by atoms with E-state index in [1.807, 2.05) is 45.0 Å². The van der Waals surface area contributed by atoms with Crippen molar-refractivity contribution in [2.45, 2.75) is 24.7 Å². The third-order valence-electron chi connectivity index (χ3n) is 2.71. The molecule has 0 aliphatic rings. The topological polar surface area (TPSA) is 36.4 Å². The van der Waals surface area contributed by atoms with E-state index in [9.17, 15) is 4.79 Å². The largest absolute Gasteiger partial charge is 0.336 e. The SMILES string of the molecule is CN(C)CCN(Cc1cccnc1)C(=O)C(C)(C)Br. The quantitative estimate of drug-likeness (QED) is 0.751. The maximum Gasteiger partial charge on any atom is 0.239 e. The van der Waals surface area contributed by atoms with E-state index in [2.05, 4.69) is 25.8 Å². The molecule has 0 aliphatic heterocycles. The lowest BCUT2D eigenvalue weighted by molar-refractivity contribution is -0.133. The molecule has 1 aromatic rings. The smallest absolute Gasteiger partial charge is 0.239 e. The lowest BCUT2D eigenvalue weighted by atomic mass is 10.1. The molecule has 0 N–H and O–H groups in total. The fraction of sp³-hybridized carbons (Fsp3) is 0.571. The summed E-state index contributed by atoms with van der Waals surface area (Å²) in [6.07, 6.45) is 3.54. The van der Waals surface area contributed by atoms with Crippen LogP contribution >= 0.6 is 15.9 Å². The van der Waals surface area contributed by atoms with E-state index >= 15 is 0 Å². The highest BCUT2D eigenvalue weighted by molar-refractivity contribution is 9.10. The molecular formula is C14H22BrN3O. The van der Waals surface area contributed by atoms with Crippen LogP contribution in [-0.4, -0.2) is 52.2 Å². The van der Waals surface area contributed by atoms with Gasteiger partial charge in [0, 0.05) is 32.0 Å². The maximum absolute atomic E-state index is 12.4. The number of alkyl halides is 1. The Bertz CT molecular complexity index is 401. The minimum atomic E-state index is -0.540. The summed E-state index contributed by atoms with van der Waals surface area (Å²) in [4.78, 5) is 20.5. The van der Waals surface area contributed by atoms with Gasteiger partial charge in [0.25, 0.3) is 0 Å². The van der Waals surface area contributed by atoms with E-state index in [1.54, 1.807) is 12.4 Å². The first kappa shape index (κ1) is 16.1. The van der Waals surface area contributed by atoms with Crippen molar-refractivity contribution in [3.8, 4) is 0 Å². The maximum atomic E-state index is 12.4. The molecule has 0 spiro atoms. The van der Waals surface area contributed by atoms with Crippen LogP contribution in [0.5, 0.6) is 0 Å². The molecule has 0 atom stereocenters. The Labute approximate surface area is 123 Å². The first-order chi connectivity index (χ1) is 8.80. The van der Waals surface area contributed by atoms with Gasteiger partial charge in [-0.2, -0.15) is 0 Å². The van der Waals surface area contributed by atoms with Crippen molar-refractivity contribution in [2.75, 3.05) is 27.2 Å². The standard InChI is InChI=1S/C14H22BrN3O/c1-14(2,15)13(19)18(9-8-17(3)4)11-12-6-5-7-16-10-12/h5-7,10H,8-9,11H2,1-4H3. The van der Waals surface area contributed by atoms with Crippen LogP contribution in [0.25, 0.3) is 0 Å². The van der Waals surface area contributed by atoms with Crippen LogP contribution in [0.4, 0.5) is 0 Å². The second kappa shape index (κ2) is 7.01. The molecule has 1 heterocycles. The lowest BCUT2D eigenvalue weighted by Gasteiger charge is -2.29. The number of carbonyl (C=O) groups excluding carboxylic acids is 1. The number of aromatic nitrogens is 1. The molecule has 4 nitrogen and oxygen atoms in total. The molecule has 0 radical (unpaired) electrons. The van der Waals surface area contributed by atoms with Crippen LogP contribution < -0.4 is 0 Å². The first-order valence-corrected chi connectivity index (χ1v) is 7.12. The number of carbonyl (C=O) groups is 1. The molecule has 19 heavy (non-hydrogen) atoms. The number of hydrogen-bond donors (Lipinski definition) is 0. The Morgan fingerprint density at radius 1 is 1.37 bits per heavy atom. The van der Waals surface area contributed by atoms with Crippen LogP contribution in [0.1, 0.15) is 19.4 Å². The molecule has 106 valence electrons. The summed E-state index contributed by atoms with van der Waals surface area (Å²) < 4.78 is -0.540. The van der Waals surface area contributed by atoms with E-state index in [4.69, 9.17) is 0 Å². The van der Waals surface area contributed by atoms with Crippen LogP contribution in [0.2, 0.25) is 0 Å². The van der Waals surface area contributed by atoms with Crippen molar-refractivity contribution in [2.24, 2.45) is 0 Å².